The SMILES string of the molecule is CCOC(=O)CCN(C)S(=O)(=O)Cc1ccccc1C#N. The zero-order valence-electron chi connectivity index (χ0n) is 12.1. The van der Waals surface area contributed by atoms with Crippen LogP contribution in [0.2, 0.25) is 0 Å². The third kappa shape index (κ3) is 5.17. The fraction of sp³-hybridized carbons (Fsp3) is 0.429. The smallest absolute Gasteiger partial charge is 0.307 e. The Morgan fingerprint density at radius 2 is 2.05 bits per heavy atom. The molecule has 0 aromatic heterocycles. The monoisotopic (exact) mass is 310 g/mol. The van der Waals surface area contributed by atoms with Crippen molar-refractivity contribution in [3.8, 4) is 6.07 Å². The van der Waals surface area contributed by atoms with Crippen molar-refractivity contribution >= 4 is 16.0 Å². The van der Waals surface area contributed by atoms with E-state index in [1.54, 1.807) is 31.2 Å². The van der Waals surface area contributed by atoms with Gasteiger partial charge in [0.1, 0.15) is 0 Å². The first-order chi connectivity index (χ1) is 9.90. The van der Waals surface area contributed by atoms with Gasteiger partial charge in [0.05, 0.1) is 30.4 Å². The molecule has 0 aliphatic carbocycles. The number of ether oxygens (including phenoxy) is 1. The molecule has 1 aromatic rings. The fourth-order valence-corrected chi connectivity index (χ4v) is 2.92. The standard InChI is InChI=1S/C14H18N2O4S/c1-3-20-14(17)8-9-16(2)21(18,19)11-13-7-5-4-6-12(13)10-15/h4-7H,3,8-9,11H2,1-2H3. The molecular formula is C14H18N2O4S. The number of carbonyl (C=O) groups is 1. The minimum Gasteiger partial charge on any atom is -0.466 e. The first kappa shape index (κ1) is 17.1. The summed E-state index contributed by atoms with van der Waals surface area (Å²) in [5, 5.41) is 8.97. The number of nitriles is 1. The molecule has 0 heterocycles. The molecule has 1 rings (SSSR count). The summed E-state index contributed by atoms with van der Waals surface area (Å²) in [6.07, 6.45) is 0.00344. The number of carbonyl (C=O) groups excluding carboxylic acids is 1. The quantitative estimate of drug-likeness (QED) is 0.708. The van der Waals surface area contributed by atoms with Crippen molar-refractivity contribution in [2.45, 2.75) is 19.1 Å². The van der Waals surface area contributed by atoms with Crippen molar-refractivity contribution in [3.05, 3.63) is 35.4 Å². The lowest BCUT2D eigenvalue weighted by atomic mass is 10.1. The van der Waals surface area contributed by atoms with Gasteiger partial charge in [0.15, 0.2) is 0 Å². The third-order valence-electron chi connectivity index (χ3n) is 2.89. The lowest BCUT2D eigenvalue weighted by Gasteiger charge is -2.17. The molecule has 21 heavy (non-hydrogen) atoms. The van der Waals surface area contributed by atoms with E-state index in [4.69, 9.17) is 10.00 Å². The van der Waals surface area contributed by atoms with Crippen LogP contribution in [0, 0.1) is 11.3 Å². The molecule has 0 radical (unpaired) electrons. The lowest BCUT2D eigenvalue weighted by Crippen LogP contribution is -2.30. The van der Waals surface area contributed by atoms with Crippen LogP contribution in [0.3, 0.4) is 0 Å². The summed E-state index contributed by atoms with van der Waals surface area (Å²) in [6.45, 7) is 2.01. The van der Waals surface area contributed by atoms with Gasteiger partial charge in [0, 0.05) is 13.6 Å². The summed E-state index contributed by atoms with van der Waals surface area (Å²) < 4.78 is 30.3. The maximum atomic E-state index is 12.2. The van der Waals surface area contributed by atoms with Crippen molar-refractivity contribution in [2.75, 3.05) is 20.2 Å². The van der Waals surface area contributed by atoms with Gasteiger partial charge in [-0.2, -0.15) is 5.26 Å². The Bertz CT molecular complexity index is 635. The predicted molar refractivity (Wildman–Crippen MR) is 77.7 cm³/mol. The van der Waals surface area contributed by atoms with Crippen LogP contribution in [-0.2, 0) is 25.3 Å². The highest BCUT2D eigenvalue weighted by molar-refractivity contribution is 7.88. The van der Waals surface area contributed by atoms with Gasteiger partial charge in [-0.15, -0.1) is 0 Å². The number of sulfonamides is 1. The Kier molecular flexibility index (Phi) is 6.34. The van der Waals surface area contributed by atoms with Crippen LogP contribution >= 0.6 is 0 Å². The highest BCUT2D eigenvalue weighted by Gasteiger charge is 2.20. The van der Waals surface area contributed by atoms with Gasteiger partial charge in [-0.25, -0.2) is 12.7 Å². The second kappa shape index (κ2) is 7.76. The fourth-order valence-electron chi connectivity index (χ4n) is 1.68. The van der Waals surface area contributed by atoms with Crippen LogP contribution in [0.15, 0.2) is 24.3 Å². The van der Waals surface area contributed by atoms with Crippen LogP contribution in [0.1, 0.15) is 24.5 Å². The Morgan fingerprint density at radius 1 is 1.38 bits per heavy atom. The number of hydrogen-bond acceptors (Lipinski definition) is 5. The minimum atomic E-state index is -3.58. The average Bonchev–Trinajstić information content (AvgIpc) is 2.45. The van der Waals surface area contributed by atoms with Gasteiger partial charge < -0.3 is 4.74 Å². The molecule has 0 amide bonds. The minimum absolute atomic E-state index is 0.00344. The lowest BCUT2D eigenvalue weighted by molar-refractivity contribution is -0.143. The van der Waals surface area contributed by atoms with E-state index >= 15 is 0 Å². The summed E-state index contributed by atoms with van der Waals surface area (Å²) in [5.74, 6) is -0.701. The summed E-state index contributed by atoms with van der Waals surface area (Å²) in [4.78, 5) is 11.2. The Hall–Kier alpha value is -1.91. The number of nitrogens with zero attached hydrogens (tertiary/aromatic N) is 2. The van der Waals surface area contributed by atoms with Crippen LogP contribution in [0.4, 0.5) is 0 Å². The van der Waals surface area contributed by atoms with E-state index in [1.807, 2.05) is 6.07 Å². The average molecular weight is 310 g/mol. The van der Waals surface area contributed by atoms with Crippen LogP contribution in [-0.4, -0.2) is 38.9 Å². The normalized spacial score (nSPS) is 11.1. The van der Waals surface area contributed by atoms with E-state index in [-0.39, 0.29) is 25.3 Å². The van der Waals surface area contributed by atoms with Crippen molar-refractivity contribution in [2.24, 2.45) is 0 Å². The van der Waals surface area contributed by atoms with Gasteiger partial charge in [0.2, 0.25) is 10.0 Å². The topological polar surface area (TPSA) is 87.5 Å². The Morgan fingerprint density at radius 3 is 2.67 bits per heavy atom. The van der Waals surface area contributed by atoms with Crippen molar-refractivity contribution in [3.63, 3.8) is 0 Å². The van der Waals surface area contributed by atoms with Gasteiger partial charge in [-0.1, -0.05) is 18.2 Å². The second-order valence-electron chi connectivity index (χ2n) is 4.40. The molecule has 0 bridgehead atoms. The molecule has 7 heteroatoms. The van der Waals surface area contributed by atoms with E-state index in [1.165, 1.54) is 7.05 Å². The van der Waals surface area contributed by atoms with Gasteiger partial charge in [-0.05, 0) is 18.6 Å². The Balaban J connectivity index is 2.73. The molecule has 6 nitrogen and oxygen atoms in total. The Labute approximate surface area is 125 Å². The third-order valence-corrected chi connectivity index (χ3v) is 4.69. The summed E-state index contributed by atoms with van der Waals surface area (Å²) in [7, 11) is -2.18. The number of esters is 1. The molecule has 114 valence electrons. The molecule has 0 unspecified atom stereocenters. The first-order valence-corrected chi connectivity index (χ1v) is 8.09. The largest absolute Gasteiger partial charge is 0.466 e. The molecule has 0 aliphatic rings. The maximum Gasteiger partial charge on any atom is 0.307 e. The van der Waals surface area contributed by atoms with Crippen molar-refractivity contribution in [1.82, 2.24) is 4.31 Å². The molecule has 0 aliphatic heterocycles. The maximum absolute atomic E-state index is 12.2. The summed E-state index contributed by atoms with van der Waals surface area (Å²) in [6, 6.07) is 8.51. The molecular weight excluding hydrogens is 292 g/mol. The molecule has 0 spiro atoms. The predicted octanol–water partition coefficient (Wildman–Crippen LogP) is 1.27. The molecule has 1 aromatic carbocycles. The summed E-state index contributed by atoms with van der Waals surface area (Å²) >= 11 is 0. The van der Waals surface area contributed by atoms with Crippen molar-refractivity contribution < 1.29 is 17.9 Å². The highest BCUT2D eigenvalue weighted by atomic mass is 32.2. The van der Waals surface area contributed by atoms with Crippen LogP contribution < -0.4 is 0 Å². The first-order valence-electron chi connectivity index (χ1n) is 6.48. The zero-order valence-corrected chi connectivity index (χ0v) is 12.9. The molecule has 0 atom stereocenters. The zero-order chi connectivity index (χ0) is 15.9. The number of hydrogen-bond donors (Lipinski definition) is 0. The number of rotatable bonds is 7. The van der Waals surface area contributed by atoms with Gasteiger partial charge in [0.25, 0.3) is 0 Å². The van der Waals surface area contributed by atoms with E-state index in [2.05, 4.69) is 0 Å². The van der Waals surface area contributed by atoms with E-state index < -0.39 is 16.0 Å². The van der Waals surface area contributed by atoms with E-state index in [0.29, 0.717) is 11.1 Å². The van der Waals surface area contributed by atoms with Gasteiger partial charge >= 0.3 is 5.97 Å². The van der Waals surface area contributed by atoms with E-state index in [0.717, 1.165) is 4.31 Å². The molecule has 0 saturated heterocycles. The second-order valence-corrected chi connectivity index (χ2v) is 6.48. The van der Waals surface area contributed by atoms with E-state index in [9.17, 15) is 13.2 Å². The van der Waals surface area contributed by atoms with Crippen LogP contribution in [0.25, 0.3) is 0 Å². The molecule has 0 saturated carbocycles. The molecule has 0 N–H and O–H groups in total. The van der Waals surface area contributed by atoms with Crippen LogP contribution in [0.5, 0.6) is 0 Å². The van der Waals surface area contributed by atoms with Gasteiger partial charge in [-0.3, -0.25) is 4.79 Å². The molecule has 0 fully saturated rings. The highest BCUT2D eigenvalue weighted by Crippen LogP contribution is 2.14. The van der Waals surface area contributed by atoms with Crippen molar-refractivity contribution in [1.29, 1.82) is 5.26 Å². The number of benzene rings is 1. The summed E-state index contributed by atoms with van der Waals surface area (Å²) in [5.41, 5.74) is 0.780.